The highest BCUT2D eigenvalue weighted by Crippen LogP contribution is 2.33. The summed E-state index contributed by atoms with van der Waals surface area (Å²) in [7, 11) is 0. The van der Waals surface area contributed by atoms with Crippen molar-refractivity contribution in [2.75, 3.05) is 0 Å². The van der Waals surface area contributed by atoms with Crippen LogP contribution in [-0.2, 0) is 0 Å². The lowest BCUT2D eigenvalue weighted by molar-refractivity contribution is 0.466. The van der Waals surface area contributed by atoms with E-state index in [1.165, 1.54) is 0 Å². The molecule has 0 aliphatic rings. The van der Waals surface area contributed by atoms with Gasteiger partial charge in [0, 0.05) is 0 Å². The normalized spacial score (nSPS) is 10.3. The number of hydrogen-bond acceptors (Lipinski definition) is 3. The van der Waals surface area contributed by atoms with Crippen molar-refractivity contribution in [2.24, 2.45) is 0 Å². The largest absolute Gasteiger partial charge is 0.507 e. The van der Waals surface area contributed by atoms with Crippen molar-refractivity contribution in [1.29, 1.82) is 0 Å². The third kappa shape index (κ3) is 4.62. The van der Waals surface area contributed by atoms with Gasteiger partial charge in [-0.15, -0.1) is 0 Å². The molecule has 3 aromatic rings. The van der Waals surface area contributed by atoms with Crippen LogP contribution < -0.4 is 0 Å². The molecule has 0 radical (unpaired) electrons. The maximum atomic E-state index is 9.79. The molecule has 0 heterocycles. The van der Waals surface area contributed by atoms with Crippen molar-refractivity contribution >= 4 is 0 Å². The molecule has 0 bridgehead atoms. The van der Waals surface area contributed by atoms with E-state index < -0.39 is 0 Å². The first-order chi connectivity index (χ1) is 12.6. The molecule has 142 valence electrons. The Labute approximate surface area is 161 Å². The Morgan fingerprint density at radius 2 is 0.704 bits per heavy atom. The molecule has 0 atom stereocenters. The second-order valence-corrected chi connectivity index (χ2v) is 7.16. The number of phenols is 3. The summed E-state index contributed by atoms with van der Waals surface area (Å²) in [4.78, 5) is 0. The number of aryl methyl sites for hydroxylation is 6. The van der Waals surface area contributed by atoms with Gasteiger partial charge in [0.1, 0.15) is 17.2 Å². The van der Waals surface area contributed by atoms with Crippen molar-refractivity contribution in [2.45, 2.75) is 41.5 Å². The summed E-state index contributed by atoms with van der Waals surface area (Å²) < 4.78 is 0. The first kappa shape index (κ1) is 20.4. The van der Waals surface area contributed by atoms with Gasteiger partial charge in [-0.2, -0.15) is 0 Å². The molecule has 0 aromatic heterocycles. The van der Waals surface area contributed by atoms with Crippen LogP contribution in [0, 0.1) is 41.5 Å². The Balaban J connectivity index is 0.000000244. The molecule has 0 aliphatic carbocycles. The molecule has 0 spiro atoms. The van der Waals surface area contributed by atoms with Crippen molar-refractivity contribution in [3.8, 4) is 28.4 Å². The first-order valence-corrected chi connectivity index (χ1v) is 8.97. The number of hydrogen-bond donors (Lipinski definition) is 3. The highest BCUT2D eigenvalue weighted by atomic mass is 16.3. The van der Waals surface area contributed by atoms with E-state index in [0.29, 0.717) is 17.2 Å². The minimum atomic E-state index is 0.353. The monoisotopic (exact) mass is 364 g/mol. The van der Waals surface area contributed by atoms with Crippen LogP contribution in [0.3, 0.4) is 0 Å². The minimum Gasteiger partial charge on any atom is -0.507 e. The molecule has 0 fully saturated rings. The van der Waals surface area contributed by atoms with Gasteiger partial charge in [-0.05, 0) is 110 Å². The van der Waals surface area contributed by atoms with Gasteiger partial charge in [-0.3, -0.25) is 0 Å². The minimum absolute atomic E-state index is 0.353. The van der Waals surface area contributed by atoms with E-state index in [0.717, 1.165) is 44.5 Å². The van der Waals surface area contributed by atoms with Gasteiger partial charge in [0.15, 0.2) is 0 Å². The number of aromatic hydroxyl groups is 3. The van der Waals surface area contributed by atoms with Crippen molar-refractivity contribution < 1.29 is 15.3 Å². The summed E-state index contributed by atoms with van der Waals surface area (Å²) in [6.45, 7) is 11.4. The standard InChI is InChI=1S/C16H18O2.C8H10O/c1-9-5-13(6-10(2)15(9)17)14-7-11(3)16(18)12(4)8-14;1-6-4-3-5-7(2)8(6)9/h5-8,17-18H,1-4H3;3-5,9H,1-2H3. The number of phenolic OH excluding ortho intramolecular Hbond substituents is 3. The summed E-state index contributed by atoms with van der Waals surface area (Å²) >= 11 is 0. The molecule has 3 N–H and O–H groups in total. The zero-order valence-electron chi connectivity index (χ0n) is 16.9. The number of para-hydroxylation sites is 1. The third-order valence-electron chi connectivity index (χ3n) is 4.75. The Bertz CT molecular complexity index is 850. The Morgan fingerprint density at radius 1 is 0.444 bits per heavy atom. The lowest BCUT2D eigenvalue weighted by atomic mass is 9.96. The molecule has 0 unspecified atom stereocenters. The zero-order valence-corrected chi connectivity index (χ0v) is 16.9. The highest BCUT2D eigenvalue weighted by molar-refractivity contribution is 5.70. The molecular formula is C24H28O3. The zero-order chi connectivity index (χ0) is 20.3. The van der Waals surface area contributed by atoms with Crippen molar-refractivity contribution in [1.82, 2.24) is 0 Å². The van der Waals surface area contributed by atoms with E-state index in [4.69, 9.17) is 0 Å². The maximum Gasteiger partial charge on any atom is 0.121 e. The van der Waals surface area contributed by atoms with Crippen molar-refractivity contribution in [3.63, 3.8) is 0 Å². The highest BCUT2D eigenvalue weighted by Gasteiger charge is 2.08. The van der Waals surface area contributed by atoms with Crippen LogP contribution in [0.5, 0.6) is 17.2 Å². The van der Waals surface area contributed by atoms with Crippen LogP contribution >= 0.6 is 0 Å². The van der Waals surface area contributed by atoms with E-state index >= 15 is 0 Å². The van der Waals surface area contributed by atoms with Crippen LogP contribution in [0.25, 0.3) is 11.1 Å². The van der Waals surface area contributed by atoms with Crippen LogP contribution in [0.15, 0.2) is 42.5 Å². The summed E-state index contributed by atoms with van der Waals surface area (Å²) in [6.07, 6.45) is 0. The number of rotatable bonds is 1. The molecule has 3 heteroatoms. The van der Waals surface area contributed by atoms with E-state index in [1.54, 1.807) is 0 Å². The van der Waals surface area contributed by atoms with Crippen LogP contribution in [0.1, 0.15) is 33.4 Å². The first-order valence-electron chi connectivity index (χ1n) is 8.97. The van der Waals surface area contributed by atoms with Gasteiger partial charge in [-0.25, -0.2) is 0 Å². The van der Waals surface area contributed by atoms with Crippen molar-refractivity contribution in [3.05, 3.63) is 75.8 Å². The Hall–Kier alpha value is -2.94. The SMILES string of the molecule is Cc1cc(-c2cc(C)c(O)c(C)c2)cc(C)c1O.Cc1cccc(C)c1O. The summed E-state index contributed by atoms with van der Waals surface area (Å²) in [5, 5.41) is 28.8. The molecule has 3 nitrogen and oxygen atoms in total. The van der Waals surface area contributed by atoms with E-state index in [-0.39, 0.29) is 0 Å². The Morgan fingerprint density at radius 3 is 0.963 bits per heavy atom. The van der Waals surface area contributed by atoms with Gasteiger partial charge in [0.2, 0.25) is 0 Å². The summed E-state index contributed by atoms with van der Waals surface area (Å²) in [5.74, 6) is 1.12. The summed E-state index contributed by atoms with van der Waals surface area (Å²) in [6, 6.07) is 13.6. The molecule has 0 saturated carbocycles. The third-order valence-corrected chi connectivity index (χ3v) is 4.75. The van der Waals surface area contributed by atoms with Gasteiger partial charge >= 0.3 is 0 Å². The Kier molecular flexibility index (Phi) is 6.17. The average molecular weight is 364 g/mol. The maximum absolute atomic E-state index is 9.79. The second kappa shape index (κ2) is 8.17. The fourth-order valence-corrected chi connectivity index (χ4v) is 3.05. The fraction of sp³-hybridized carbons (Fsp3) is 0.250. The molecule has 3 aromatic carbocycles. The van der Waals surface area contributed by atoms with E-state index in [1.807, 2.05) is 84.0 Å². The van der Waals surface area contributed by atoms with Gasteiger partial charge < -0.3 is 15.3 Å². The van der Waals surface area contributed by atoms with Gasteiger partial charge in [-0.1, -0.05) is 18.2 Å². The smallest absolute Gasteiger partial charge is 0.121 e. The molecule has 3 rings (SSSR count). The number of benzene rings is 3. The van der Waals surface area contributed by atoms with Crippen LogP contribution in [-0.4, -0.2) is 15.3 Å². The van der Waals surface area contributed by atoms with Gasteiger partial charge in [0.25, 0.3) is 0 Å². The lowest BCUT2D eigenvalue weighted by Crippen LogP contribution is -1.88. The predicted molar refractivity (Wildman–Crippen MR) is 112 cm³/mol. The molecule has 0 saturated heterocycles. The molecule has 0 aliphatic heterocycles. The average Bonchev–Trinajstić information content (AvgIpc) is 2.61. The van der Waals surface area contributed by atoms with Crippen LogP contribution in [0.4, 0.5) is 0 Å². The second-order valence-electron chi connectivity index (χ2n) is 7.16. The van der Waals surface area contributed by atoms with Gasteiger partial charge in [0.05, 0.1) is 0 Å². The predicted octanol–water partition coefficient (Wildman–Crippen LogP) is 6.01. The van der Waals surface area contributed by atoms with Crippen LogP contribution in [0.2, 0.25) is 0 Å². The fourth-order valence-electron chi connectivity index (χ4n) is 3.05. The van der Waals surface area contributed by atoms with E-state index in [2.05, 4.69) is 0 Å². The topological polar surface area (TPSA) is 60.7 Å². The lowest BCUT2D eigenvalue weighted by Gasteiger charge is -2.11. The molecular weight excluding hydrogens is 336 g/mol. The summed E-state index contributed by atoms with van der Waals surface area (Å²) in [5.41, 5.74) is 7.48. The quantitative estimate of drug-likeness (QED) is 0.496. The van der Waals surface area contributed by atoms with E-state index in [9.17, 15) is 15.3 Å². The molecule has 27 heavy (non-hydrogen) atoms. The molecule has 0 amide bonds.